The zero-order chi connectivity index (χ0) is 10.7. The third-order valence-corrected chi connectivity index (χ3v) is 4.61. The van der Waals surface area contributed by atoms with Crippen molar-refractivity contribution in [3.63, 3.8) is 0 Å². The van der Waals surface area contributed by atoms with E-state index >= 15 is 0 Å². The minimum atomic E-state index is 0.560. The van der Waals surface area contributed by atoms with Gasteiger partial charge in [0.05, 0.1) is 0 Å². The van der Waals surface area contributed by atoms with Gasteiger partial charge in [-0.05, 0) is 47.9 Å². The fraction of sp³-hybridized carbons (Fsp3) is 0.500. The van der Waals surface area contributed by atoms with Gasteiger partial charge in [0.15, 0.2) is 0 Å². The van der Waals surface area contributed by atoms with Gasteiger partial charge in [-0.2, -0.15) is 11.8 Å². The van der Waals surface area contributed by atoms with Crippen molar-refractivity contribution in [3.05, 3.63) is 34.9 Å². The van der Waals surface area contributed by atoms with Crippen molar-refractivity contribution >= 4 is 23.4 Å². The van der Waals surface area contributed by atoms with E-state index in [9.17, 15) is 0 Å². The van der Waals surface area contributed by atoms with Gasteiger partial charge in [-0.15, -0.1) is 0 Å². The van der Waals surface area contributed by atoms with Crippen LogP contribution in [0.25, 0.3) is 0 Å². The number of hydrogen-bond acceptors (Lipinski definition) is 2. The molecule has 0 bridgehead atoms. The second-order valence-corrected chi connectivity index (χ2v) is 5.54. The van der Waals surface area contributed by atoms with E-state index in [-0.39, 0.29) is 0 Å². The van der Waals surface area contributed by atoms with Crippen LogP contribution in [-0.2, 0) is 0 Å². The topological polar surface area (TPSA) is 26.0 Å². The first-order chi connectivity index (χ1) is 7.33. The molecule has 2 unspecified atom stereocenters. The van der Waals surface area contributed by atoms with E-state index in [1.165, 1.54) is 23.5 Å². The Hall–Kier alpha value is -0.180. The summed E-state index contributed by atoms with van der Waals surface area (Å²) in [5, 5.41) is 0.896. The number of nitrogens with two attached hydrogens (primary N) is 1. The minimum Gasteiger partial charge on any atom is -0.330 e. The Labute approximate surface area is 100 Å². The monoisotopic (exact) mass is 241 g/mol. The number of halogens is 1. The van der Waals surface area contributed by atoms with Crippen LogP contribution in [0.4, 0.5) is 0 Å². The summed E-state index contributed by atoms with van der Waals surface area (Å²) in [6, 6.07) is 8.18. The van der Waals surface area contributed by atoms with Crippen LogP contribution in [0.2, 0.25) is 5.02 Å². The van der Waals surface area contributed by atoms with Crippen molar-refractivity contribution in [2.75, 3.05) is 18.1 Å². The second kappa shape index (κ2) is 5.24. The minimum absolute atomic E-state index is 0.560. The van der Waals surface area contributed by atoms with Gasteiger partial charge in [0.2, 0.25) is 0 Å². The summed E-state index contributed by atoms with van der Waals surface area (Å²) in [5.41, 5.74) is 7.11. The first kappa shape index (κ1) is 11.3. The smallest absolute Gasteiger partial charge is 0.0440 e. The lowest BCUT2D eigenvalue weighted by atomic mass is 9.84. The first-order valence-corrected chi connectivity index (χ1v) is 6.88. The highest BCUT2D eigenvalue weighted by atomic mass is 35.5. The number of benzene rings is 1. The molecule has 3 heteroatoms. The Bertz CT molecular complexity index is 329. The van der Waals surface area contributed by atoms with Crippen LogP contribution in [0.15, 0.2) is 24.3 Å². The fourth-order valence-electron chi connectivity index (χ4n) is 2.21. The third kappa shape index (κ3) is 2.49. The Morgan fingerprint density at radius 2 is 2.20 bits per heavy atom. The van der Waals surface area contributed by atoms with Crippen LogP contribution in [0.5, 0.6) is 0 Å². The Kier molecular flexibility index (Phi) is 3.95. The molecule has 2 rings (SSSR count). The van der Waals surface area contributed by atoms with Gasteiger partial charge < -0.3 is 5.73 Å². The molecule has 15 heavy (non-hydrogen) atoms. The summed E-state index contributed by atoms with van der Waals surface area (Å²) in [4.78, 5) is 0. The molecule has 1 heterocycles. The molecule has 2 N–H and O–H groups in total. The molecule has 1 aromatic rings. The van der Waals surface area contributed by atoms with Crippen molar-refractivity contribution in [1.29, 1.82) is 0 Å². The van der Waals surface area contributed by atoms with Crippen LogP contribution < -0.4 is 5.73 Å². The maximum absolute atomic E-state index is 6.23. The van der Waals surface area contributed by atoms with Crippen molar-refractivity contribution in [2.45, 2.75) is 12.3 Å². The quantitative estimate of drug-likeness (QED) is 0.861. The fourth-order valence-corrected chi connectivity index (χ4v) is 3.75. The van der Waals surface area contributed by atoms with E-state index < -0.39 is 0 Å². The van der Waals surface area contributed by atoms with E-state index in [0.717, 1.165) is 11.6 Å². The van der Waals surface area contributed by atoms with Gasteiger partial charge >= 0.3 is 0 Å². The van der Waals surface area contributed by atoms with Crippen LogP contribution in [0.3, 0.4) is 0 Å². The summed E-state index contributed by atoms with van der Waals surface area (Å²) in [6.07, 6.45) is 1.20. The second-order valence-electron chi connectivity index (χ2n) is 3.99. The molecule has 1 aromatic carbocycles. The highest BCUT2D eigenvalue weighted by molar-refractivity contribution is 7.99. The number of thioether (sulfide) groups is 1. The standard InChI is InChI=1S/C12H16ClNS/c13-12-4-2-1-3-11(12)10-5-6-15-8-9(10)7-14/h1-4,9-10H,5-8,14H2. The van der Waals surface area contributed by atoms with Gasteiger partial charge in [0.25, 0.3) is 0 Å². The molecule has 0 aliphatic carbocycles. The van der Waals surface area contributed by atoms with Crippen molar-refractivity contribution in [3.8, 4) is 0 Å². The SMILES string of the molecule is NCC1CSCCC1c1ccccc1Cl. The van der Waals surface area contributed by atoms with Gasteiger partial charge in [-0.3, -0.25) is 0 Å². The van der Waals surface area contributed by atoms with Crippen LogP contribution in [-0.4, -0.2) is 18.1 Å². The van der Waals surface area contributed by atoms with Gasteiger partial charge in [0.1, 0.15) is 0 Å². The molecule has 1 aliphatic rings. The van der Waals surface area contributed by atoms with E-state index in [0.29, 0.717) is 11.8 Å². The van der Waals surface area contributed by atoms with Gasteiger partial charge in [0, 0.05) is 5.02 Å². The largest absolute Gasteiger partial charge is 0.330 e. The molecule has 1 nitrogen and oxygen atoms in total. The lowest BCUT2D eigenvalue weighted by Crippen LogP contribution is -2.28. The summed E-state index contributed by atoms with van der Waals surface area (Å²) in [6.45, 7) is 0.767. The van der Waals surface area contributed by atoms with Gasteiger partial charge in [-0.25, -0.2) is 0 Å². The molecule has 82 valence electrons. The molecule has 0 saturated carbocycles. The van der Waals surface area contributed by atoms with Crippen molar-refractivity contribution < 1.29 is 0 Å². The van der Waals surface area contributed by atoms with E-state index in [4.69, 9.17) is 17.3 Å². The average Bonchev–Trinajstić information content (AvgIpc) is 2.30. The molecule has 0 aromatic heterocycles. The van der Waals surface area contributed by atoms with E-state index in [1.54, 1.807) is 0 Å². The lowest BCUT2D eigenvalue weighted by molar-refractivity contribution is 0.455. The molecule has 2 atom stereocenters. The van der Waals surface area contributed by atoms with Crippen LogP contribution in [0, 0.1) is 5.92 Å². The molecular formula is C12H16ClNS. The summed E-state index contributed by atoms with van der Waals surface area (Å²) in [5.74, 6) is 3.55. The highest BCUT2D eigenvalue weighted by Crippen LogP contribution is 2.38. The highest BCUT2D eigenvalue weighted by Gasteiger charge is 2.26. The molecule has 0 amide bonds. The zero-order valence-electron chi connectivity index (χ0n) is 8.66. The van der Waals surface area contributed by atoms with E-state index in [2.05, 4.69) is 12.1 Å². The van der Waals surface area contributed by atoms with E-state index in [1.807, 2.05) is 23.9 Å². The molecule has 1 saturated heterocycles. The van der Waals surface area contributed by atoms with Gasteiger partial charge in [-0.1, -0.05) is 29.8 Å². The Morgan fingerprint density at radius 3 is 2.93 bits per heavy atom. The molecule has 1 aliphatic heterocycles. The van der Waals surface area contributed by atoms with Crippen LogP contribution >= 0.6 is 23.4 Å². The molecule has 1 fully saturated rings. The average molecular weight is 242 g/mol. The maximum Gasteiger partial charge on any atom is 0.0440 e. The number of hydrogen-bond donors (Lipinski definition) is 1. The summed E-state index contributed by atoms with van der Waals surface area (Å²) < 4.78 is 0. The Balaban J connectivity index is 2.24. The summed E-state index contributed by atoms with van der Waals surface area (Å²) >= 11 is 8.24. The predicted molar refractivity (Wildman–Crippen MR) is 68.7 cm³/mol. The lowest BCUT2D eigenvalue weighted by Gasteiger charge is -2.31. The van der Waals surface area contributed by atoms with Crippen molar-refractivity contribution in [1.82, 2.24) is 0 Å². The molecular weight excluding hydrogens is 226 g/mol. The number of rotatable bonds is 2. The van der Waals surface area contributed by atoms with Crippen LogP contribution in [0.1, 0.15) is 17.9 Å². The maximum atomic E-state index is 6.23. The first-order valence-electron chi connectivity index (χ1n) is 5.35. The zero-order valence-corrected chi connectivity index (χ0v) is 10.2. The molecule has 0 radical (unpaired) electrons. The summed E-state index contributed by atoms with van der Waals surface area (Å²) in [7, 11) is 0. The third-order valence-electron chi connectivity index (χ3n) is 3.08. The van der Waals surface area contributed by atoms with Crippen molar-refractivity contribution in [2.24, 2.45) is 11.7 Å². The molecule has 0 spiro atoms. The predicted octanol–water partition coefficient (Wildman–Crippen LogP) is 3.14. The Morgan fingerprint density at radius 1 is 1.40 bits per heavy atom. The normalized spacial score (nSPS) is 26.5.